The second-order valence-corrected chi connectivity index (χ2v) is 5.82. The SMILES string of the molecule is CCCCCCCCCCOc1ccc(C(F)(F)Cl)cc1. The average molecular weight is 319 g/mol. The van der Waals surface area contributed by atoms with Gasteiger partial charge >= 0.3 is 5.38 Å². The first-order valence-electron chi connectivity index (χ1n) is 7.84. The number of benzene rings is 1. The summed E-state index contributed by atoms with van der Waals surface area (Å²) in [6.45, 7) is 2.85. The number of halogens is 3. The zero-order chi connectivity index (χ0) is 15.6. The number of hydrogen-bond acceptors (Lipinski definition) is 1. The molecule has 0 aliphatic carbocycles. The quantitative estimate of drug-likeness (QED) is 0.334. The summed E-state index contributed by atoms with van der Waals surface area (Å²) >= 11 is 4.94. The molecule has 1 aromatic carbocycles. The van der Waals surface area contributed by atoms with Gasteiger partial charge in [0.05, 0.1) is 6.61 Å². The Balaban J connectivity index is 2.08. The molecule has 0 spiro atoms. The predicted octanol–water partition coefficient (Wildman–Crippen LogP) is 6.49. The molecule has 21 heavy (non-hydrogen) atoms. The molecule has 0 N–H and O–H groups in total. The van der Waals surface area contributed by atoms with Gasteiger partial charge in [0, 0.05) is 5.56 Å². The Kier molecular flexibility index (Phi) is 8.67. The van der Waals surface area contributed by atoms with Crippen LogP contribution in [0.2, 0.25) is 0 Å². The van der Waals surface area contributed by atoms with Crippen LogP contribution in [0.3, 0.4) is 0 Å². The molecule has 1 aromatic rings. The maximum absolute atomic E-state index is 12.8. The molecule has 0 aliphatic rings. The monoisotopic (exact) mass is 318 g/mol. The first-order valence-corrected chi connectivity index (χ1v) is 8.22. The van der Waals surface area contributed by atoms with Crippen molar-refractivity contribution in [2.24, 2.45) is 0 Å². The van der Waals surface area contributed by atoms with Gasteiger partial charge in [0.25, 0.3) is 0 Å². The van der Waals surface area contributed by atoms with Crippen molar-refractivity contribution in [1.82, 2.24) is 0 Å². The van der Waals surface area contributed by atoms with E-state index in [9.17, 15) is 8.78 Å². The third-order valence-corrected chi connectivity index (χ3v) is 3.67. The summed E-state index contributed by atoms with van der Waals surface area (Å²) in [6, 6.07) is 5.68. The Bertz CT molecular complexity index is 373. The van der Waals surface area contributed by atoms with E-state index in [0.29, 0.717) is 12.4 Å². The first-order chi connectivity index (χ1) is 10.0. The van der Waals surface area contributed by atoms with E-state index in [2.05, 4.69) is 6.92 Å². The minimum atomic E-state index is -3.31. The predicted molar refractivity (Wildman–Crippen MR) is 84.3 cm³/mol. The second kappa shape index (κ2) is 9.99. The van der Waals surface area contributed by atoms with Crippen LogP contribution < -0.4 is 4.74 Å². The van der Waals surface area contributed by atoms with Crippen molar-refractivity contribution in [2.75, 3.05) is 6.61 Å². The molecule has 0 aromatic heterocycles. The van der Waals surface area contributed by atoms with Crippen LogP contribution in [0.4, 0.5) is 8.78 Å². The first kappa shape index (κ1) is 18.2. The fourth-order valence-corrected chi connectivity index (χ4v) is 2.29. The van der Waals surface area contributed by atoms with Crippen LogP contribution in [-0.4, -0.2) is 6.61 Å². The van der Waals surface area contributed by atoms with Gasteiger partial charge in [0.15, 0.2) is 0 Å². The lowest BCUT2D eigenvalue weighted by Crippen LogP contribution is -2.03. The lowest BCUT2D eigenvalue weighted by molar-refractivity contribution is 0.0950. The van der Waals surface area contributed by atoms with Gasteiger partial charge in [-0.05, 0) is 42.3 Å². The summed E-state index contributed by atoms with van der Waals surface area (Å²) in [4.78, 5) is 0. The largest absolute Gasteiger partial charge is 0.494 e. The van der Waals surface area contributed by atoms with Gasteiger partial charge in [0.2, 0.25) is 0 Å². The molecule has 0 saturated heterocycles. The van der Waals surface area contributed by atoms with E-state index in [1.165, 1.54) is 62.8 Å². The van der Waals surface area contributed by atoms with Crippen LogP contribution >= 0.6 is 11.6 Å². The van der Waals surface area contributed by atoms with Crippen LogP contribution in [0.25, 0.3) is 0 Å². The van der Waals surface area contributed by atoms with Gasteiger partial charge in [-0.1, -0.05) is 51.9 Å². The number of hydrogen-bond donors (Lipinski definition) is 0. The molecule has 1 rings (SSSR count). The summed E-state index contributed by atoms with van der Waals surface area (Å²) < 4.78 is 31.2. The molecule has 0 aliphatic heterocycles. The topological polar surface area (TPSA) is 9.23 Å². The van der Waals surface area contributed by atoms with E-state index in [1.807, 2.05) is 0 Å². The van der Waals surface area contributed by atoms with Gasteiger partial charge in [-0.25, -0.2) is 0 Å². The number of rotatable bonds is 11. The van der Waals surface area contributed by atoms with Crippen LogP contribution in [0.15, 0.2) is 24.3 Å². The molecule has 4 heteroatoms. The smallest absolute Gasteiger partial charge is 0.348 e. The van der Waals surface area contributed by atoms with E-state index in [0.717, 1.165) is 12.8 Å². The Morgan fingerprint density at radius 1 is 0.905 bits per heavy atom. The minimum absolute atomic E-state index is 0.205. The van der Waals surface area contributed by atoms with Crippen molar-refractivity contribution >= 4 is 11.6 Å². The molecular formula is C17H25ClF2O. The van der Waals surface area contributed by atoms with Gasteiger partial charge in [0.1, 0.15) is 5.75 Å². The van der Waals surface area contributed by atoms with Crippen molar-refractivity contribution in [2.45, 2.75) is 63.7 Å². The molecule has 0 amide bonds. The van der Waals surface area contributed by atoms with Crippen molar-refractivity contribution in [3.63, 3.8) is 0 Å². The van der Waals surface area contributed by atoms with E-state index < -0.39 is 5.38 Å². The van der Waals surface area contributed by atoms with Crippen molar-refractivity contribution in [3.05, 3.63) is 29.8 Å². The number of alkyl halides is 3. The molecule has 120 valence electrons. The molecular weight excluding hydrogens is 294 g/mol. The summed E-state index contributed by atoms with van der Waals surface area (Å²) in [5, 5.41) is -3.31. The van der Waals surface area contributed by atoms with Gasteiger partial charge in [-0.15, -0.1) is 0 Å². The highest BCUT2D eigenvalue weighted by molar-refractivity contribution is 6.21. The van der Waals surface area contributed by atoms with E-state index in [1.54, 1.807) is 0 Å². The highest BCUT2D eigenvalue weighted by atomic mass is 35.5. The van der Waals surface area contributed by atoms with Gasteiger partial charge < -0.3 is 4.74 Å². The number of ether oxygens (including phenoxy) is 1. The molecule has 1 nitrogen and oxygen atoms in total. The maximum atomic E-state index is 12.8. The Hall–Kier alpha value is -0.830. The Morgan fingerprint density at radius 3 is 1.95 bits per heavy atom. The summed E-state index contributed by atoms with van der Waals surface area (Å²) in [7, 11) is 0. The highest BCUT2D eigenvalue weighted by Crippen LogP contribution is 2.33. The van der Waals surface area contributed by atoms with E-state index in [4.69, 9.17) is 16.3 Å². The minimum Gasteiger partial charge on any atom is -0.494 e. The lowest BCUT2D eigenvalue weighted by Gasteiger charge is -2.10. The Labute approximate surface area is 131 Å². The highest BCUT2D eigenvalue weighted by Gasteiger charge is 2.27. The van der Waals surface area contributed by atoms with Crippen LogP contribution in [0.1, 0.15) is 63.9 Å². The van der Waals surface area contributed by atoms with E-state index >= 15 is 0 Å². The van der Waals surface area contributed by atoms with Crippen LogP contribution in [0.5, 0.6) is 5.75 Å². The Morgan fingerprint density at radius 2 is 1.43 bits per heavy atom. The standard InChI is InChI=1S/C17H25ClF2O/c1-2-3-4-5-6-7-8-9-14-21-16-12-10-15(11-13-16)17(18,19)20/h10-13H,2-9,14H2,1H3. The van der Waals surface area contributed by atoms with Crippen molar-refractivity contribution < 1.29 is 13.5 Å². The molecule has 0 bridgehead atoms. The molecule has 0 radical (unpaired) electrons. The molecule has 0 fully saturated rings. The molecule has 0 heterocycles. The second-order valence-electron chi connectivity index (χ2n) is 5.35. The van der Waals surface area contributed by atoms with Crippen LogP contribution in [0, 0.1) is 0 Å². The van der Waals surface area contributed by atoms with E-state index in [-0.39, 0.29) is 5.56 Å². The fraction of sp³-hybridized carbons (Fsp3) is 0.647. The van der Waals surface area contributed by atoms with Crippen molar-refractivity contribution in [3.8, 4) is 5.75 Å². The third-order valence-electron chi connectivity index (χ3n) is 3.45. The average Bonchev–Trinajstić information content (AvgIpc) is 2.45. The maximum Gasteiger partial charge on any atom is 0.348 e. The summed E-state index contributed by atoms with van der Waals surface area (Å²) in [6.07, 6.45) is 9.96. The zero-order valence-electron chi connectivity index (χ0n) is 12.7. The van der Waals surface area contributed by atoms with Crippen molar-refractivity contribution in [1.29, 1.82) is 0 Å². The molecule has 0 atom stereocenters. The molecule has 0 saturated carbocycles. The number of unbranched alkanes of at least 4 members (excludes halogenated alkanes) is 7. The summed E-state index contributed by atoms with van der Waals surface area (Å²) in [5.41, 5.74) is -0.205. The molecule has 0 unspecified atom stereocenters. The zero-order valence-corrected chi connectivity index (χ0v) is 13.5. The van der Waals surface area contributed by atoms with Gasteiger partial charge in [-0.3, -0.25) is 0 Å². The van der Waals surface area contributed by atoms with Gasteiger partial charge in [-0.2, -0.15) is 8.78 Å². The summed E-state index contributed by atoms with van der Waals surface area (Å²) in [5.74, 6) is 0.614. The fourth-order valence-electron chi connectivity index (χ4n) is 2.17. The normalized spacial score (nSPS) is 11.6. The lowest BCUT2D eigenvalue weighted by atomic mass is 10.1. The third kappa shape index (κ3) is 8.25. The van der Waals surface area contributed by atoms with Crippen LogP contribution in [-0.2, 0) is 5.38 Å².